The van der Waals surface area contributed by atoms with E-state index >= 15 is 0 Å². The van der Waals surface area contributed by atoms with Gasteiger partial charge in [0.1, 0.15) is 6.17 Å². The quantitative estimate of drug-likeness (QED) is 0.620. The van der Waals surface area contributed by atoms with Crippen LogP contribution in [0.5, 0.6) is 0 Å². The molecule has 0 saturated heterocycles. The normalized spacial score (nSPS) is 15.7. The first-order chi connectivity index (χ1) is 12.6. The summed E-state index contributed by atoms with van der Waals surface area (Å²) in [5.41, 5.74) is 7.78. The van der Waals surface area contributed by atoms with Gasteiger partial charge in [-0.25, -0.2) is 0 Å². The molecule has 0 spiro atoms. The smallest absolute Gasteiger partial charge is 0.103 e. The van der Waals surface area contributed by atoms with Crippen molar-refractivity contribution < 1.29 is 0 Å². The Morgan fingerprint density at radius 1 is 0.846 bits per heavy atom. The number of rotatable bonds is 2. The minimum absolute atomic E-state index is 0.195. The van der Waals surface area contributed by atoms with Crippen molar-refractivity contribution >= 4 is 17.1 Å². The molecule has 0 aromatic heterocycles. The first-order valence-corrected chi connectivity index (χ1v) is 8.82. The second-order valence-electron chi connectivity index (χ2n) is 6.80. The standard InChI is InChI=1S/C23H21N3/c1-16-13-20(19-7-5-4-6-8-19)10-12-21(16)26-17(2)25(3)22-11-9-18(15-24)14-23(22)26/h4-14,17H,1-3H3/t17-/m0/s1. The summed E-state index contributed by atoms with van der Waals surface area (Å²) in [6.45, 7) is 4.34. The van der Waals surface area contributed by atoms with Crippen molar-refractivity contribution in [1.82, 2.24) is 0 Å². The fourth-order valence-electron chi connectivity index (χ4n) is 3.73. The van der Waals surface area contributed by atoms with E-state index in [-0.39, 0.29) is 6.17 Å². The number of hydrogen-bond donors (Lipinski definition) is 0. The molecule has 0 fully saturated rings. The lowest BCUT2D eigenvalue weighted by molar-refractivity contribution is 0.732. The van der Waals surface area contributed by atoms with Crippen molar-refractivity contribution in [2.45, 2.75) is 20.0 Å². The van der Waals surface area contributed by atoms with Crippen molar-refractivity contribution in [2.75, 3.05) is 16.8 Å². The summed E-state index contributed by atoms with van der Waals surface area (Å²) in [7, 11) is 2.10. The van der Waals surface area contributed by atoms with Crippen LogP contribution < -0.4 is 9.80 Å². The minimum atomic E-state index is 0.195. The molecule has 3 heteroatoms. The van der Waals surface area contributed by atoms with Gasteiger partial charge in [0, 0.05) is 12.7 Å². The van der Waals surface area contributed by atoms with Gasteiger partial charge >= 0.3 is 0 Å². The van der Waals surface area contributed by atoms with E-state index < -0.39 is 0 Å². The van der Waals surface area contributed by atoms with Crippen molar-refractivity contribution in [3.05, 3.63) is 77.9 Å². The van der Waals surface area contributed by atoms with Gasteiger partial charge in [-0.2, -0.15) is 5.26 Å². The molecule has 3 aromatic carbocycles. The number of aryl methyl sites for hydroxylation is 1. The molecule has 0 amide bonds. The van der Waals surface area contributed by atoms with Crippen LogP contribution in [0.25, 0.3) is 11.1 Å². The highest BCUT2D eigenvalue weighted by molar-refractivity contribution is 5.86. The van der Waals surface area contributed by atoms with Crippen LogP contribution in [0.15, 0.2) is 66.7 Å². The number of nitrogens with zero attached hydrogens (tertiary/aromatic N) is 3. The molecule has 0 aliphatic carbocycles. The van der Waals surface area contributed by atoms with E-state index in [1.165, 1.54) is 22.4 Å². The number of fused-ring (bicyclic) bond motifs is 1. The molecule has 0 bridgehead atoms. The molecule has 0 saturated carbocycles. The summed E-state index contributed by atoms with van der Waals surface area (Å²) < 4.78 is 0. The SMILES string of the molecule is Cc1cc(-c2ccccc2)ccc1N1c2cc(C#N)ccc2N(C)[C@@H]1C. The van der Waals surface area contributed by atoms with Gasteiger partial charge in [0.2, 0.25) is 0 Å². The average Bonchev–Trinajstić information content (AvgIpc) is 2.92. The first kappa shape index (κ1) is 16.2. The Balaban J connectivity index is 1.80. The third-order valence-electron chi connectivity index (χ3n) is 5.24. The van der Waals surface area contributed by atoms with Gasteiger partial charge in [0.15, 0.2) is 0 Å². The second kappa shape index (κ2) is 6.24. The Bertz CT molecular complexity index is 1000. The predicted octanol–water partition coefficient (Wildman–Crippen LogP) is 5.47. The summed E-state index contributed by atoms with van der Waals surface area (Å²) >= 11 is 0. The molecule has 0 N–H and O–H groups in total. The average molecular weight is 339 g/mol. The lowest BCUT2D eigenvalue weighted by Crippen LogP contribution is -2.35. The topological polar surface area (TPSA) is 30.3 Å². The Kier molecular flexibility index (Phi) is 3.89. The third kappa shape index (κ3) is 2.51. The Morgan fingerprint density at radius 2 is 1.58 bits per heavy atom. The molecule has 0 unspecified atom stereocenters. The maximum Gasteiger partial charge on any atom is 0.103 e. The van der Waals surface area contributed by atoms with Gasteiger partial charge in [0.05, 0.1) is 23.0 Å². The van der Waals surface area contributed by atoms with E-state index in [0.29, 0.717) is 5.56 Å². The Hall–Kier alpha value is -3.25. The van der Waals surface area contributed by atoms with Crippen molar-refractivity contribution in [1.29, 1.82) is 5.26 Å². The van der Waals surface area contributed by atoms with Gasteiger partial charge in [-0.05, 0) is 60.9 Å². The molecule has 4 rings (SSSR count). The molecule has 26 heavy (non-hydrogen) atoms. The molecule has 3 aromatic rings. The van der Waals surface area contributed by atoms with E-state index in [4.69, 9.17) is 0 Å². The maximum atomic E-state index is 9.29. The largest absolute Gasteiger partial charge is 0.353 e. The highest BCUT2D eigenvalue weighted by Crippen LogP contribution is 2.45. The van der Waals surface area contributed by atoms with Crippen LogP contribution in [0.3, 0.4) is 0 Å². The second-order valence-corrected chi connectivity index (χ2v) is 6.80. The fraction of sp³-hybridized carbons (Fsp3) is 0.174. The lowest BCUT2D eigenvalue weighted by Gasteiger charge is -2.29. The monoisotopic (exact) mass is 339 g/mol. The first-order valence-electron chi connectivity index (χ1n) is 8.82. The molecule has 3 nitrogen and oxygen atoms in total. The molecular formula is C23H21N3. The fourth-order valence-corrected chi connectivity index (χ4v) is 3.73. The summed E-state index contributed by atoms with van der Waals surface area (Å²) in [5.74, 6) is 0. The summed E-state index contributed by atoms with van der Waals surface area (Å²) in [6.07, 6.45) is 0.195. The van der Waals surface area contributed by atoms with Crippen molar-refractivity contribution in [3.8, 4) is 17.2 Å². The van der Waals surface area contributed by atoms with Crippen molar-refractivity contribution in [3.63, 3.8) is 0 Å². The molecular weight excluding hydrogens is 318 g/mol. The van der Waals surface area contributed by atoms with Crippen LogP contribution in [-0.4, -0.2) is 13.2 Å². The zero-order valence-electron chi connectivity index (χ0n) is 15.3. The van der Waals surface area contributed by atoms with Gasteiger partial charge in [-0.1, -0.05) is 36.4 Å². The summed E-state index contributed by atoms with van der Waals surface area (Å²) in [4.78, 5) is 4.57. The highest BCUT2D eigenvalue weighted by Gasteiger charge is 2.32. The van der Waals surface area contributed by atoms with E-state index in [2.05, 4.69) is 79.2 Å². The van der Waals surface area contributed by atoms with E-state index in [1.807, 2.05) is 24.3 Å². The van der Waals surface area contributed by atoms with Gasteiger partial charge in [-0.15, -0.1) is 0 Å². The Labute approximate surface area is 154 Å². The number of benzene rings is 3. The predicted molar refractivity (Wildman–Crippen MR) is 108 cm³/mol. The third-order valence-corrected chi connectivity index (χ3v) is 5.24. The summed E-state index contributed by atoms with van der Waals surface area (Å²) in [6, 6.07) is 25.2. The minimum Gasteiger partial charge on any atom is -0.353 e. The molecule has 1 aliphatic heterocycles. The van der Waals surface area contributed by atoms with Crippen LogP contribution in [-0.2, 0) is 0 Å². The molecule has 1 aliphatic rings. The number of anilines is 3. The van der Waals surface area contributed by atoms with Crippen LogP contribution in [0.2, 0.25) is 0 Å². The highest BCUT2D eigenvalue weighted by atomic mass is 15.4. The molecule has 0 radical (unpaired) electrons. The zero-order valence-corrected chi connectivity index (χ0v) is 15.3. The van der Waals surface area contributed by atoms with Crippen LogP contribution >= 0.6 is 0 Å². The Morgan fingerprint density at radius 3 is 2.27 bits per heavy atom. The summed E-state index contributed by atoms with van der Waals surface area (Å²) in [5, 5.41) is 9.29. The molecule has 128 valence electrons. The van der Waals surface area contributed by atoms with Crippen LogP contribution in [0.4, 0.5) is 17.1 Å². The number of hydrogen-bond acceptors (Lipinski definition) is 3. The number of nitriles is 1. The van der Waals surface area contributed by atoms with Gasteiger partial charge in [0.25, 0.3) is 0 Å². The van der Waals surface area contributed by atoms with E-state index in [9.17, 15) is 5.26 Å². The van der Waals surface area contributed by atoms with Crippen LogP contribution in [0.1, 0.15) is 18.1 Å². The van der Waals surface area contributed by atoms with E-state index in [0.717, 1.165) is 11.4 Å². The zero-order chi connectivity index (χ0) is 18.3. The van der Waals surface area contributed by atoms with Crippen LogP contribution in [0, 0.1) is 18.3 Å². The molecule has 1 atom stereocenters. The van der Waals surface area contributed by atoms with Gasteiger partial charge < -0.3 is 9.80 Å². The maximum absolute atomic E-state index is 9.29. The van der Waals surface area contributed by atoms with Gasteiger partial charge in [-0.3, -0.25) is 0 Å². The van der Waals surface area contributed by atoms with Crippen molar-refractivity contribution in [2.24, 2.45) is 0 Å². The molecule has 1 heterocycles. The van der Waals surface area contributed by atoms with E-state index in [1.54, 1.807) is 0 Å². The lowest BCUT2D eigenvalue weighted by atomic mass is 10.0.